The molecule has 3 heterocycles. The number of carbonyl (C=O) groups is 1. The van der Waals surface area contributed by atoms with Gasteiger partial charge in [0, 0.05) is 32.2 Å². The van der Waals surface area contributed by atoms with E-state index in [0.29, 0.717) is 11.8 Å². The zero-order valence-electron chi connectivity index (χ0n) is 14.5. The van der Waals surface area contributed by atoms with Crippen molar-refractivity contribution < 1.29 is 9.21 Å². The van der Waals surface area contributed by atoms with E-state index in [1.165, 1.54) is 19.3 Å². The van der Waals surface area contributed by atoms with Crippen molar-refractivity contribution in [3.63, 3.8) is 0 Å². The molecular formula is C18H29N3O2. The number of hydrogen-bond acceptors (Lipinski definition) is 4. The second-order valence-corrected chi connectivity index (χ2v) is 7.02. The molecule has 0 unspecified atom stereocenters. The molecule has 2 aliphatic rings. The topological polar surface area (TPSA) is 39.9 Å². The van der Waals surface area contributed by atoms with Crippen molar-refractivity contribution in [1.82, 2.24) is 14.7 Å². The van der Waals surface area contributed by atoms with Gasteiger partial charge in [-0.3, -0.25) is 14.6 Å². The summed E-state index contributed by atoms with van der Waals surface area (Å²) in [5.41, 5.74) is 0. The van der Waals surface area contributed by atoms with Crippen molar-refractivity contribution in [2.24, 2.45) is 0 Å². The number of likely N-dealkylation sites (tertiary alicyclic amines) is 1. The summed E-state index contributed by atoms with van der Waals surface area (Å²) in [6.07, 6.45) is 3.87. The van der Waals surface area contributed by atoms with Crippen LogP contribution in [0.5, 0.6) is 0 Å². The molecule has 0 saturated carbocycles. The molecule has 128 valence electrons. The van der Waals surface area contributed by atoms with E-state index in [4.69, 9.17) is 4.42 Å². The fourth-order valence-electron chi connectivity index (χ4n) is 3.51. The Hall–Kier alpha value is -1.33. The molecule has 1 amide bonds. The quantitative estimate of drug-likeness (QED) is 0.854. The van der Waals surface area contributed by atoms with Crippen LogP contribution in [0.3, 0.4) is 0 Å². The maximum atomic E-state index is 12.6. The van der Waals surface area contributed by atoms with Gasteiger partial charge in [-0.05, 0) is 51.9 Å². The third-order valence-corrected chi connectivity index (χ3v) is 5.03. The minimum atomic E-state index is 0.0401. The van der Waals surface area contributed by atoms with Crippen LogP contribution >= 0.6 is 0 Å². The molecule has 2 saturated heterocycles. The molecule has 0 aliphatic carbocycles. The molecular weight excluding hydrogens is 290 g/mol. The van der Waals surface area contributed by atoms with Crippen molar-refractivity contribution in [3.8, 4) is 0 Å². The Morgan fingerprint density at radius 3 is 2.39 bits per heavy atom. The predicted molar refractivity (Wildman–Crippen MR) is 90.4 cm³/mol. The van der Waals surface area contributed by atoms with Crippen LogP contribution < -0.4 is 0 Å². The van der Waals surface area contributed by atoms with Crippen LogP contribution in [-0.2, 0) is 6.54 Å². The number of nitrogens with zero attached hydrogens (tertiary/aromatic N) is 3. The summed E-state index contributed by atoms with van der Waals surface area (Å²) in [5.74, 6) is 1.45. The van der Waals surface area contributed by atoms with Gasteiger partial charge in [0.25, 0.3) is 5.91 Å². The Bertz CT molecular complexity index is 512. The van der Waals surface area contributed by atoms with Gasteiger partial charge in [0.05, 0.1) is 6.54 Å². The number of carbonyl (C=O) groups excluding carboxylic acids is 1. The van der Waals surface area contributed by atoms with Crippen molar-refractivity contribution in [2.45, 2.75) is 45.7 Å². The lowest BCUT2D eigenvalue weighted by atomic mass is 10.1. The van der Waals surface area contributed by atoms with Crippen molar-refractivity contribution in [3.05, 3.63) is 23.7 Å². The first-order chi connectivity index (χ1) is 11.1. The number of piperidine rings is 1. The highest BCUT2D eigenvalue weighted by atomic mass is 16.4. The average molecular weight is 319 g/mol. The standard InChI is InChI=1S/C18H29N3O2/c1-15(2)20-10-12-21(13-11-20)18(22)17-7-6-16(23-17)14-19-8-4-3-5-9-19/h6-7,15H,3-5,8-14H2,1-2H3. The van der Waals surface area contributed by atoms with E-state index >= 15 is 0 Å². The first-order valence-corrected chi connectivity index (χ1v) is 8.98. The van der Waals surface area contributed by atoms with Crippen LogP contribution in [0, 0.1) is 0 Å². The Morgan fingerprint density at radius 2 is 1.74 bits per heavy atom. The first-order valence-electron chi connectivity index (χ1n) is 8.98. The van der Waals surface area contributed by atoms with Gasteiger partial charge < -0.3 is 9.32 Å². The summed E-state index contributed by atoms with van der Waals surface area (Å²) in [5, 5.41) is 0. The number of amides is 1. The van der Waals surface area contributed by atoms with Crippen LogP contribution in [0.15, 0.2) is 16.5 Å². The Balaban J connectivity index is 1.54. The molecule has 1 aromatic rings. The normalized spacial score (nSPS) is 21.1. The third kappa shape index (κ3) is 4.15. The Labute approximate surface area is 139 Å². The van der Waals surface area contributed by atoms with Gasteiger partial charge in [-0.2, -0.15) is 0 Å². The van der Waals surface area contributed by atoms with Crippen LogP contribution in [-0.4, -0.2) is 65.9 Å². The van der Waals surface area contributed by atoms with E-state index in [0.717, 1.165) is 51.6 Å². The minimum Gasteiger partial charge on any atom is -0.455 e. The molecule has 0 spiro atoms. The highest BCUT2D eigenvalue weighted by molar-refractivity contribution is 5.91. The lowest BCUT2D eigenvalue weighted by molar-refractivity contribution is 0.0562. The molecule has 1 aromatic heterocycles. The number of rotatable bonds is 4. The monoisotopic (exact) mass is 319 g/mol. The van der Waals surface area contributed by atoms with Crippen LogP contribution in [0.1, 0.15) is 49.4 Å². The van der Waals surface area contributed by atoms with E-state index in [9.17, 15) is 4.79 Å². The van der Waals surface area contributed by atoms with Gasteiger partial charge >= 0.3 is 0 Å². The van der Waals surface area contributed by atoms with Crippen LogP contribution in [0.25, 0.3) is 0 Å². The van der Waals surface area contributed by atoms with E-state index < -0.39 is 0 Å². The highest BCUT2D eigenvalue weighted by Gasteiger charge is 2.25. The summed E-state index contributed by atoms with van der Waals surface area (Å²) >= 11 is 0. The molecule has 23 heavy (non-hydrogen) atoms. The zero-order valence-corrected chi connectivity index (χ0v) is 14.5. The largest absolute Gasteiger partial charge is 0.455 e. The van der Waals surface area contributed by atoms with Gasteiger partial charge in [-0.25, -0.2) is 0 Å². The maximum absolute atomic E-state index is 12.6. The predicted octanol–water partition coefficient (Wildman–Crippen LogP) is 2.43. The van der Waals surface area contributed by atoms with Crippen LogP contribution in [0.2, 0.25) is 0 Å². The molecule has 2 aliphatic heterocycles. The van der Waals surface area contributed by atoms with Gasteiger partial charge in [0.15, 0.2) is 5.76 Å². The smallest absolute Gasteiger partial charge is 0.289 e. The molecule has 0 aromatic carbocycles. The summed E-state index contributed by atoms with van der Waals surface area (Å²) in [6.45, 7) is 11.0. The summed E-state index contributed by atoms with van der Waals surface area (Å²) in [6, 6.07) is 4.36. The van der Waals surface area contributed by atoms with Crippen LogP contribution in [0.4, 0.5) is 0 Å². The van der Waals surface area contributed by atoms with Crippen molar-refractivity contribution in [2.75, 3.05) is 39.3 Å². The van der Waals surface area contributed by atoms with Gasteiger partial charge in [0.2, 0.25) is 0 Å². The minimum absolute atomic E-state index is 0.0401. The van der Waals surface area contributed by atoms with E-state index in [1.807, 2.05) is 17.0 Å². The van der Waals surface area contributed by atoms with Gasteiger partial charge in [0.1, 0.15) is 5.76 Å². The molecule has 5 nitrogen and oxygen atoms in total. The van der Waals surface area contributed by atoms with Crippen molar-refractivity contribution in [1.29, 1.82) is 0 Å². The number of furan rings is 1. The first kappa shape index (κ1) is 16.5. The molecule has 0 radical (unpaired) electrons. The lowest BCUT2D eigenvalue weighted by Gasteiger charge is -2.36. The van der Waals surface area contributed by atoms with Crippen molar-refractivity contribution >= 4 is 5.91 Å². The number of piperazine rings is 1. The summed E-state index contributed by atoms with van der Waals surface area (Å²) < 4.78 is 5.83. The SMILES string of the molecule is CC(C)N1CCN(C(=O)c2ccc(CN3CCCCC3)o2)CC1. The fraction of sp³-hybridized carbons (Fsp3) is 0.722. The molecule has 0 atom stereocenters. The fourth-order valence-corrected chi connectivity index (χ4v) is 3.51. The van der Waals surface area contributed by atoms with E-state index in [-0.39, 0.29) is 5.91 Å². The molecule has 2 fully saturated rings. The Kier molecular flexibility index (Phi) is 5.38. The summed E-state index contributed by atoms with van der Waals surface area (Å²) in [7, 11) is 0. The molecule has 0 N–H and O–H groups in total. The second-order valence-electron chi connectivity index (χ2n) is 7.02. The zero-order chi connectivity index (χ0) is 16.2. The highest BCUT2D eigenvalue weighted by Crippen LogP contribution is 2.17. The second kappa shape index (κ2) is 7.49. The number of hydrogen-bond donors (Lipinski definition) is 0. The molecule has 5 heteroatoms. The van der Waals surface area contributed by atoms with Gasteiger partial charge in [-0.1, -0.05) is 6.42 Å². The third-order valence-electron chi connectivity index (χ3n) is 5.03. The average Bonchev–Trinajstić information content (AvgIpc) is 3.03. The summed E-state index contributed by atoms with van der Waals surface area (Å²) in [4.78, 5) is 19.3. The van der Waals surface area contributed by atoms with E-state index in [1.54, 1.807) is 0 Å². The Morgan fingerprint density at radius 1 is 1.04 bits per heavy atom. The lowest BCUT2D eigenvalue weighted by Crippen LogP contribution is -2.50. The molecule has 0 bridgehead atoms. The van der Waals surface area contributed by atoms with Gasteiger partial charge in [-0.15, -0.1) is 0 Å². The molecule has 3 rings (SSSR count). The van der Waals surface area contributed by atoms with E-state index in [2.05, 4.69) is 23.6 Å². The maximum Gasteiger partial charge on any atom is 0.289 e.